The van der Waals surface area contributed by atoms with Crippen molar-refractivity contribution >= 4 is 5.97 Å². The molecule has 0 saturated carbocycles. The lowest BCUT2D eigenvalue weighted by Gasteiger charge is -2.17. The van der Waals surface area contributed by atoms with Gasteiger partial charge in [0.05, 0.1) is 16.8 Å². The molecule has 3 N–H and O–H groups in total. The van der Waals surface area contributed by atoms with Crippen molar-refractivity contribution in [3.05, 3.63) is 61.2 Å². The SMILES string of the molecule is Cc1c(C(F)(F)F)n(N)c(=O)n(-c2cc(C(=O)O)c(C#N)cc2F)c1=O. The largest absolute Gasteiger partial charge is 0.478 e. The van der Waals surface area contributed by atoms with E-state index in [9.17, 15) is 31.9 Å². The minimum atomic E-state index is -5.13. The summed E-state index contributed by atoms with van der Waals surface area (Å²) in [4.78, 5) is 35.5. The maximum absolute atomic E-state index is 14.2. The third-order valence-corrected chi connectivity index (χ3v) is 3.46. The number of nitriles is 1. The fourth-order valence-electron chi connectivity index (χ4n) is 2.30. The van der Waals surface area contributed by atoms with Crippen LogP contribution in [0.5, 0.6) is 0 Å². The molecule has 0 saturated heterocycles. The Balaban J connectivity index is 2.99. The zero-order valence-corrected chi connectivity index (χ0v) is 12.8. The van der Waals surface area contributed by atoms with Crippen molar-refractivity contribution in [2.75, 3.05) is 5.84 Å². The van der Waals surface area contributed by atoms with E-state index in [2.05, 4.69) is 0 Å². The summed E-state index contributed by atoms with van der Waals surface area (Å²) in [6, 6.07) is 2.35. The summed E-state index contributed by atoms with van der Waals surface area (Å²) < 4.78 is 52.7. The van der Waals surface area contributed by atoms with E-state index in [0.717, 1.165) is 6.92 Å². The molecule has 2 rings (SSSR count). The van der Waals surface area contributed by atoms with Crippen LogP contribution in [0.3, 0.4) is 0 Å². The van der Waals surface area contributed by atoms with Gasteiger partial charge in [-0.2, -0.15) is 18.4 Å². The van der Waals surface area contributed by atoms with Crippen LogP contribution < -0.4 is 17.1 Å². The number of hydrogen-bond acceptors (Lipinski definition) is 5. The van der Waals surface area contributed by atoms with Crippen molar-refractivity contribution in [2.45, 2.75) is 13.1 Å². The number of nitrogen functional groups attached to an aromatic ring is 1. The van der Waals surface area contributed by atoms with E-state index in [4.69, 9.17) is 16.2 Å². The predicted octanol–water partition coefficient (Wildman–Crippen LogP) is 0.749. The molecule has 2 aromatic rings. The van der Waals surface area contributed by atoms with Gasteiger partial charge in [0.15, 0.2) is 5.69 Å². The highest BCUT2D eigenvalue weighted by Crippen LogP contribution is 2.29. The van der Waals surface area contributed by atoms with Crippen LogP contribution in [0.4, 0.5) is 17.6 Å². The quantitative estimate of drug-likeness (QED) is 0.591. The average Bonchev–Trinajstić information content (AvgIpc) is 2.52. The van der Waals surface area contributed by atoms with E-state index in [1.165, 1.54) is 6.07 Å². The van der Waals surface area contributed by atoms with Gasteiger partial charge in [0.25, 0.3) is 5.56 Å². The van der Waals surface area contributed by atoms with Gasteiger partial charge in [-0.3, -0.25) is 4.79 Å². The molecule has 0 aliphatic rings. The lowest BCUT2D eigenvalue weighted by atomic mass is 10.1. The first-order chi connectivity index (χ1) is 11.9. The first-order valence-electron chi connectivity index (χ1n) is 6.60. The smallest absolute Gasteiger partial charge is 0.433 e. The van der Waals surface area contributed by atoms with Gasteiger partial charge in [-0.25, -0.2) is 23.2 Å². The minimum absolute atomic E-state index is 0.0342. The number of carboxylic acid groups (broad SMARTS) is 1. The minimum Gasteiger partial charge on any atom is -0.478 e. The molecule has 1 heterocycles. The molecule has 0 bridgehead atoms. The maximum Gasteiger partial charge on any atom is 0.433 e. The molecule has 8 nitrogen and oxygen atoms in total. The van der Waals surface area contributed by atoms with Gasteiger partial charge in [0, 0.05) is 5.56 Å². The summed E-state index contributed by atoms with van der Waals surface area (Å²) in [6.45, 7) is 0.726. The molecule has 0 fully saturated rings. The lowest BCUT2D eigenvalue weighted by Crippen LogP contribution is -2.47. The Bertz CT molecular complexity index is 1060. The van der Waals surface area contributed by atoms with Crippen LogP contribution in [0, 0.1) is 24.1 Å². The Hall–Kier alpha value is -3.62. The first-order valence-corrected chi connectivity index (χ1v) is 6.60. The number of hydrogen-bond donors (Lipinski definition) is 2. The molecule has 0 amide bonds. The van der Waals surface area contributed by atoms with Crippen LogP contribution in [-0.4, -0.2) is 20.3 Å². The number of rotatable bonds is 2. The summed E-state index contributed by atoms with van der Waals surface area (Å²) in [6.07, 6.45) is -5.13. The lowest BCUT2D eigenvalue weighted by molar-refractivity contribution is -0.144. The van der Waals surface area contributed by atoms with Crippen molar-refractivity contribution in [1.29, 1.82) is 5.26 Å². The Morgan fingerprint density at radius 2 is 1.88 bits per heavy atom. The van der Waals surface area contributed by atoms with E-state index in [1.807, 2.05) is 0 Å². The van der Waals surface area contributed by atoms with Crippen molar-refractivity contribution in [2.24, 2.45) is 0 Å². The molecule has 136 valence electrons. The van der Waals surface area contributed by atoms with E-state index in [1.54, 1.807) is 0 Å². The summed E-state index contributed by atoms with van der Waals surface area (Å²) in [5.74, 6) is 2.07. The van der Waals surface area contributed by atoms with Crippen LogP contribution in [0.25, 0.3) is 5.69 Å². The fourth-order valence-corrected chi connectivity index (χ4v) is 2.30. The second kappa shape index (κ2) is 6.03. The average molecular weight is 372 g/mol. The van der Waals surface area contributed by atoms with Crippen LogP contribution >= 0.6 is 0 Å². The Morgan fingerprint density at radius 3 is 2.35 bits per heavy atom. The monoisotopic (exact) mass is 372 g/mol. The molecule has 0 aliphatic carbocycles. The second-order valence-corrected chi connectivity index (χ2v) is 5.03. The molecule has 0 aliphatic heterocycles. The van der Waals surface area contributed by atoms with E-state index in [0.29, 0.717) is 12.1 Å². The van der Waals surface area contributed by atoms with E-state index < -0.39 is 57.3 Å². The number of nitrogens with two attached hydrogens (primary N) is 1. The number of alkyl halides is 3. The molecular formula is C14H8F4N4O4. The molecule has 0 atom stereocenters. The highest BCUT2D eigenvalue weighted by Gasteiger charge is 2.38. The number of aromatic carboxylic acids is 1. The van der Waals surface area contributed by atoms with Gasteiger partial charge in [-0.1, -0.05) is 0 Å². The Labute approximate surface area is 140 Å². The second-order valence-electron chi connectivity index (χ2n) is 5.03. The maximum atomic E-state index is 14.2. The number of nitrogens with zero attached hydrogens (tertiary/aromatic N) is 3. The first kappa shape index (κ1) is 18.7. The van der Waals surface area contributed by atoms with Crippen LogP contribution in [0.2, 0.25) is 0 Å². The van der Waals surface area contributed by atoms with E-state index in [-0.39, 0.29) is 9.24 Å². The molecule has 26 heavy (non-hydrogen) atoms. The van der Waals surface area contributed by atoms with Crippen molar-refractivity contribution in [3.63, 3.8) is 0 Å². The molecule has 12 heteroatoms. The third kappa shape index (κ3) is 2.79. The van der Waals surface area contributed by atoms with Crippen molar-refractivity contribution in [3.8, 4) is 11.8 Å². The van der Waals surface area contributed by atoms with Gasteiger partial charge in [-0.05, 0) is 19.1 Å². The van der Waals surface area contributed by atoms with Crippen LogP contribution in [0.1, 0.15) is 27.2 Å². The number of carboxylic acids is 1. The Kier molecular flexibility index (Phi) is 4.34. The van der Waals surface area contributed by atoms with Crippen molar-refractivity contribution < 1.29 is 27.5 Å². The number of carbonyl (C=O) groups is 1. The molecular weight excluding hydrogens is 364 g/mol. The molecule has 0 unspecified atom stereocenters. The normalized spacial score (nSPS) is 11.2. The fraction of sp³-hybridized carbons (Fsp3) is 0.143. The van der Waals surface area contributed by atoms with Gasteiger partial charge >= 0.3 is 17.8 Å². The predicted molar refractivity (Wildman–Crippen MR) is 77.8 cm³/mol. The summed E-state index contributed by atoms with van der Waals surface area (Å²) >= 11 is 0. The zero-order chi connectivity index (χ0) is 20.0. The highest BCUT2D eigenvalue weighted by molar-refractivity contribution is 5.91. The summed E-state index contributed by atoms with van der Waals surface area (Å²) in [5, 5.41) is 17.9. The third-order valence-electron chi connectivity index (χ3n) is 3.46. The molecule has 0 spiro atoms. The summed E-state index contributed by atoms with van der Waals surface area (Å²) in [7, 11) is 0. The van der Waals surface area contributed by atoms with Gasteiger partial charge in [0.2, 0.25) is 0 Å². The Morgan fingerprint density at radius 1 is 1.31 bits per heavy atom. The summed E-state index contributed by atoms with van der Waals surface area (Å²) in [5.41, 5.74) is -8.32. The van der Waals surface area contributed by atoms with Crippen molar-refractivity contribution in [1.82, 2.24) is 9.24 Å². The van der Waals surface area contributed by atoms with E-state index >= 15 is 0 Å². The van der Waals surface area contributed by atoms with Crippen LogP contribution in [0.15, 0.2) is 21.7 Å². The molecule has 1 aromatic carbocycles. The highest BCUT2D eigenvalue weighted by atomic mass is 19.4. The topological polar surface area (TPSA) is 131 Å². The number of benzene rings is 1. The zero-order valence-electron chi connectivity index (χ0n) is 12.8. The number of aromatic nitrogens is 2. The van der Waals surface area contributed by atoms with Gasteiger partial charge < -0.3 is 10.9 Å². The van der Waals surface area contributed by atoms with Gasteiger partial charge in [-0.15, -0.1) is 0 Å². The molecule has 0 radical (unpaired) electrons. The molecule has 1 aromatic heterocycles. The van der Waals surface area contributed by atoms with Crippen LogP contribution in [-0.2, 0) is 6.18 Å². The standard InChI is InChI=1S/C14H8F4N4O4/c1-5-10(14(16,17)18)22(20)13(26)21(11(5)23)9-3-7(12(24)25)6(4-19)2-8(9)15/h2-3H,20H2,1H3,(H,24,25). The van der Waals surface area contributed by atoms with Gasteiger partial charge in [0.1, 0.15) is 11.9 Å². The number of halogens is 4.